The molecule has 7 nitrogen and oxygen atoms in total. The SMILES string of the molecule is COc1cc(/C=C/C(=O)NCCCCc2nc(C)cs2)ccc1OCc1c(C)noc1C. The predicted molar refractivity (Wildman–Crippen MR) is 125 cm³/mol. The van der Waals surface area contributed by atoms with E-state index in [0.717, 1.165) is 52.5 Å². The van der Waals surface area contributed by atoms with Crippen LogP contribution < -0.4 is 14.8 Å². The Morgan fingerprint density at radius 2 is 2.06 bits per heavy atom. The molecule has 0 bridgehead atoms. The minimum Gasteiger partial charge on any atom is -0.493 e. The molecule has 0 radical (unpaired) electrons. The molecule has 1 amide bonds. The van der Waals surface area contributed by atoms with E-state index in [1.54, 1.807) is 24.5 Å². The Morgan fingerprint density at radius 3 is 2.75 bits per heavy atom. The van der Waals surface area contributed by atoms with Crippen LogP contribution in [0.2, 0.25) is 0 Å². The number of benzene rings is 1. The maximum Gasteiger partial charge on any atom is 0.243 e. The van der Waals surface area contributed by atoms with Gasteiger partial charge in [0.1, 0.15) is 12.4 Å². The fourth-order valence-corrected chi connectivity index (χ4v) is 3.94. The molecule has 0 aliphatic carbocycles. The number of ether oxygens (including phenoxy) is 2. The molecule has 32 heavy (non-hydrogen) atoms. The number of nitrogens with zero attached hydrogens (tertiary/aromatic N) is 2. The van der Waals surface area contributed by atoms with E-state index in [0.29, 0.717) is 24.7 Å². The minimum atomic E-state index is -0.118. The third kappa shape index (κ3) is 6.68. The van der Waals surface area contributed by atoms with Crippen LogP contribution in [0.3, 0.4) is 0 Å². The summed E-state index contributed by atoms with van der Waals surface area (Å²) >= 11 is 1.69. The molecule has 2 heterocycles. The Morgan fingerprint density at radius 1 is 1.22 bits per heavy atom. The van der Waals surface area contributed by atoms with Crippen molar-refractivity contribution in [1.82, 2.24) is 15.5 Å². The van der Waals surface area contributed by atoms with Gasteiger partial charge in [0.15, 0.2) is 11.5 Å². The topological polar surface area (TPSA) is 86.5 Å². The highest BCUT2D eigenvalue weighted by molar-refractivity contribution is 7.09. The van der Waals surface area contributed by atoms with E-state index in [2.05, 4.69) is 20.8 Å². The molecule has 0 atom stereocenters. The highest BCUT2D eigenvalue weighted by Crippen LogP contribution is 2.30. The number of rotatable bonds is 11. The van der Waals surface area contributed by atoms with E-state index in [4.69, 9.17) is 14.0 Å². The molecule has 0 fully saturated rings. The second-order valence-corrected chi connectivity index (χ2v) is 8.41. The Hall–Kier alpha value is -3.13. The first-order valence-electron chi connectivity index (χ1n) is 10.6. The number of hydrogen-bond acceptors (Lipinski definition) is 7. The molecule has 8 heteroatoms. The lowest BCUT2D eigenvalue weighted by atomic mass is 10.1. The maximum atomic E-state index is 12.1. The van der Waals surface area contributed by atoms with E-state index < -0.39 is 0 Å². The molecular weight excluding hydrogens is 426 g/mol. The Bertz CT molecular complexity index is 1050. The first kappa shape index (κ1) is 23.5. The van der Waals surface area contributed by atoms with Gasteiger partial charge in [-0.25, -0.2) is 4.98 Å². The molecule has 0 aliphatic rings. The zero-order chi connectivity index (χ0) is 22.9. The van der Waals surface area contributed by atoms with E-state index in [1.807, 2.05) is 39.0 Å². The number of thiazole rings is 1. The summed E-state index contributed by atoms with van der Waals surface area (Å²) < 4.78 is 16.5. The summed E-state index contributed by atoms with van der Waals surface area (Å²) in [5.41, 5.74) is 3.65. The van der Waals surface area contributed by atoms with Crippen LogP contribution in [0.4, 0.5) is 0 Å². The Labute approximate surface area is 192 Å². The molecule has 170 valence electrons. The molecule has 3 rings (SSSR count). The molecule has 0 saturated carbocycles. The molecule has 0 unspecified atom stereocenters. The molecular formula is C24H29N3O4S. The van der Waals surface area contributed by atoms with E-state index in [9.17, 15) is 4.79 Å². The van der Waals surface area contributed by atoms with Crippen LogP contribution in [0.15, 0.2) is 34.2 Å². The molecule has 0 saturated heterocycles. The van der Waals surface area contributed by atoms with Gasteiger partial charge in [-0.15, -0.1) is 11.3 Å². The minimum absolute atomic E-state index is 0.118. The molecule has 3 aromatic rings. The third-order valence-corrected chi connectivity index (χ3v) is 5.98. The zero-order valence-corrected chi connectivity index (χ0v) is 19.8. The van der Waals surface area contributed by atoms with Gasteiger partial charge in [-0.05, 0) is 63.8 Å². The maximum absolute atomic E-state index is 12.1. The lowest BCUT2D eigenvalue weighted by Gasteiger charge is -2.11. The first-order chi connectivity index (χ1) is 15.5. The molecule has 1 N–H and O–H groups in total. The summed E-state index contributed by atoms with van der Waals surface area (Å²) in [7, 11) is 1.59. The Kier molecular flexibility index (Phi) is 8.44. The van der Waals surface area contributed by atoms with Crippen molar-refractivity contribution >= 4 is 23.3 Å². The number of carbonyl (C=O) groups excluding carboxylic acids is 1. The summed E-state index contributed by atoms with van der Waals surface area (Å²) in [6.45, 7) is 6.73. The van der Waals surface area contributed by atoms with Gasteiger partial charge in [0, 0.05) is 23.7 Å². The van der Waals surface area contributed by atoms with Crippen LogP contribution >= 0.6 is 11.3 Å². The smallest absolute Gasteiger partial charge is 0.243 e. The predicted octanol–water partition coefficient (Wildman–Crippen LogP) is 4.80. The fraction of sp³-hybridized carbons (Fsp3) is 0.375. The molecule has 2 aromatic heterocycles. The van der Waals surface area contributed by atoms with Crippen LogP contribution in [-0.2, 0) is 17.8 Å². The van der Waals surface area contributed by atoms with Crippen molar-refractivity contribution in [3.05, 3.63) is 62.9 Å². The number of methoxy groups -OCH3 is 1. The number of hydrogen-bond donors (Lipinski definition) is 1. The number of amides is 1. The fourth-order valence-electron chi connectivity index (χ4n) is 3.13. The van der Waals surface area contributed by atoms with Gasteiger partial charge >= 0.3 is 0 Å². The summed E-state index contributed by atoms with van der Waals surface area (Å²) in [5.74, 6) is 1.83. The summed E-state index contributed by atoms with van der Waals surface area (Å²) in [4.78, 5) is 16.5. The largest absolute Gasteiger partial charge is 0.493 e. The van der Waals surface area contributed by atoms with Crippen molar-refractivity contribution in [2.75, 3.05) is 13.7 Å². The number of unbranched alkanes of at least 4 members (excludes halogenated alkanes) is 1. The summed E-state index contributed by atoms with van der Waals surface area (Å²) in [6, 6.07) is 5.54. The standard InChI is InChI=1S/C24H29N3O4S/c1-16-15-32-24(26-16)7-5-6-12-25-23(28)11-9-19-8-10-21(22(13-19)29-4)30-14-20-17(2)27-31-18(20)3/h8-11,13,15H,5-7,12,14H2,1-4H3,(H,25,28)/b11-9+. The lowest BCUT2D eigenvalue weighted by Crippen LogP contribution is -2.22. The van der Waals surface area contributed by atoms with Gasteiger partial charge in [-0.2, -0.15) is 0 Å². The second kappa shape index (κ2) is 11.5. The first-order valence-corrected chi connectivity index (χ1v) is 11.4. The molecule has 0 aliphatic heterocycles. The summed E-state index contributed by atoms with van der Waals surface area (Å²) in [5, 5.41) is 10.1. The highest BCUT2D eigenvalue weighted by Gasteiger charge is 2.12. The van der Waals surface area contributed by atoms with Gasteiger partial charge in [0.05, 0.1) is 23.4 Å². The van der Waals surface area contributed by atoms with Crippen molar-refractivity contribution < 1.29 is 18.8 Å². The van der Waals surface area contributed by atoms with Gasteiger partial charge in [-0.3, -0.25) is 4.79 Å². The van der Waals surface area contributed by atoms with Crippen molar-refractivity contribution in [3.8, 4) is 11.5 Å². The van der Waals surface area contributed by atoms with Gasteiger partial charge < -0.3 is 19.3 Å². The zero-order valence-electron chi connectivity index (χ0n) is 18.9. The monoisotopic (exact) mass is 455 g/mol. The average molecular weight is 456 g/mol. The van der Waals surface area contributed by atoms with Crippen molar-refractivity contribution in [2.45, 2.75) is 46.6 Å². The molecule has 1 aromatic carbocycles. The number of carbonyl (C=O) groups is 1. The quantitative estimate of drug-likeness (QED) is 0.330. The summed E-state index contributed by atoms with van der Waals surface area (Å²) in [6.07, 6.45) is 6.17. The lowest BCUT2D eigenvalue weighted by molar-refractivity contribution is -0.116. The van der Waals surface area contributed by atoms with E-state index >= 15 is 0 Å². The van der Waals surface area contributed by atoms with Crippen molar-refractivity contribution in [2.24, 2.45) is 0 Å². The third-order valence-electron chi connectivity index (χ3n) is 4.95. The van der Waals surface area contributed by atoms with Crippen molar-refractivity contribution in [3.63, 3.8) is 0 Å². The van der Waals surface area contributed by atoms with Gasteiger partial charge in [0.2, 0.25) is 5.91 Å². The van der Waals surface area contributed by atoms with Gasteiger partial charge in [-0.1, -0.05) is 11.2 Å². The van der Waals surface area contributed by atoms with E-state index in [1.165, 1.54) is 6.08 Å². The van der Waals surface area contributed by atoms with Crippen molar-refractivity contribution in [1.29, 1.82) is 0 Å². The highest BCUT2D eigenvalue weighted by atomic mass is 32.1. The van der Waals surface area contributed by atoms with Gasteiger partial charge in [0.25, 0.3) is 0 Å². The number of aromatic nitrogens is 2. The Balaban J connectivity index is 1.45. The number of aryl methyl sites for hydroxylation is 4. The van der Waals surface area contributed by atoms with Crippen LogP contribution in [0.1, 0.15) is 46.1 Å². The molecule has 0 spiro atoms. The van der Waals surface area contributed by atoms with E-state index in [-0.39, 0.29) is 5.91 Å². The second-order valence-electron chi connectivity index (χ2n) is 7.47. The van der Waals surface area contributed by atoms with Crippen LogP contribution in [0.25, 0.3) is 6.08 Å². The van der Waals surface area contributed by atoms with Crippen LogP contribution in [0.5, 0.6) is 11.5 Å². The van der Waals surface area contributed by atoms with Crippen LogP contribution in [0, 0.1) is 20.8 Å². The normalized spacial score (nSPS) is 11.1. The number of nitrogens with one attached hydrogen (secondary N) is 1. The van der Waals surface area contributed by atoms with Crippen LogP contribution in [-0.4, -0.2) is 29.7 Å². The average Bonchev–Trinajstić information content (AvgIpc) is 3.35.